The first-order chi connectivity index (χ1) is 61.7. The van der Waals surface area contributed by atoms with Gasteiger partial charge >= 0.3 is 0 Å². The van der Waals surface area contributed by atoms with Gasteiger partial charge in [0, 0.05) is 138 Å². The standard InChI is InChI=1S/C14H20N2.C12H17N3.2C12H16N2.4C11H15N3.C10H14N4.2C2H6/c1-9-7-8-10(2)16-12(14(4,5)6)11(3)15-13(9)16;1-8-6-13-11-10(12(3,4)5)14-9(2)15(11)7-8;1-12(2,3)10-5-7-13-11-9(10)6-8-14(11)4;1-9-13-11(12(2,3)4)10-7-5-6-8-14(9)10;1-11(2,3)9-5-6-12-10-8(9)7-13-14(10)4;1-11(2,3)8-5-6-12-10-9(8)13-7-14(10)4;1-8-9(11(2,3)4)14-7-5-6-12-10(14)13-8;1-8-10(11(2,3)4)14-9(13-8)6-5-7-12-14;1-7-5-8(10(2,3)4)14-9(13-7)11-6-12-14;2*1-2/h7-8H,1-6H3;6-7H,1-5H3;2*5-8H,1-4H3;4*5-7H,1-4H3;5-6H,1-4H3;2*1-2H3. The Bertz CT molecular complexity index is 6590. The zero-order valence-corrected chi connectivity index (χ0v) is 88.7. The van der Waals surface area contributed by atoms with Crippen molar-refractivity contribution in [3.63, 3.8) is 0 Å². The van der Waals surface area contributed by atoms with Crippen molar-refractivity contribution in [1.82, 2.24) is 121 Å². The molecule has 0 aliphatic rings. The Morgan fingerprint density at radius 1 is 0.331 bits per heavy atom. The third-order valence-electron chi connectivity index (χ3n) is 22.1. The van der Waals surface area contributed by atoms with Gasteiger partial charge in [-0.3, -0.25) is 13.5 Å². The highest BCUT2D eigenvalue weighted by Crippen LogP contribution is 2.35. The molecule has 133 heavy (non-hydrogen) atoms. The molecule has 0 aromatic carbocycles. The van der Waals surface area contributed by atoms with Gasteiger partial charge in [-0.1, -0.05) is 227 Å². The van der Waals surface area contributed by atoms with Crippen molar-refractivity contribution in [3.8, 4) is 0 Å². The van der Waals surface area contributed by atoms with E-state index in [2.05, 4.69) is 378 Å². The van der Waals surface area contributed by atoms with Crippen LogP contribution in [0.4, 0.5) is 0 Å². The monoisotopic (exact) mass is 1800 g/mol. The lowest BCUT2D eigenvalue weighted by molar-refractivity contribution is 0.545. The van der Waals surface area contributed by atoms with E-state index in [1.807, 2.05) is 172 Å². The Morgan fingerprint density at radius 2 is 0.880 bits per heavy atom. The van der Waals surface area contributed by atoms with E-state index < -0.39 is 0 Å². The molecule has 0 bridgehead atoms. The van der Waals surface area contributed by atoms with Gasteiger partial charge in [0.25, 0.3) is 5.78 Å². The van der Waals surface area contributed by atoms with Gasteiger partial charge in [0.05, 0.1) is 69.3 Å². The number of imidazole rings is 6. The fourth-order valence-corrected chi connectivity index (χ4v) is 16.2. The topological polar surface area (TPSA) is 247 Å². The van der Waals surface area contributed by atoms with Crippen molar-refractivity contribution >= 4 is 67.2 Å². The van der Waals surface area contributed by atoms with E-state index in [1.54, 1.807) is 16.9 Å². The van der Waals surface area contributed by atoms with Gasteiger partial charge in [0.2, 0.25) is 5.78 Å². The molecule has 0 saturated heterocycles. The van der Waals surface area contributed by atoms with Crippen LogP contribution >= 0.6 is 0 Å². The number of rotatable bonds is 0. The molecule has 18 rings (SSSR count). The molecule has 25 nitrogen and oxygen atoms in total. The number of nitrogens with zero attached hydrogens (tertiary/aromatic N) is 25. The fourth-order valence-electron chi connectivity index (χ4n) is 16.2. The van der Waals surface area contributed by atoms with Crippen molar-refractivity contribution in [3.05, 3.63) is 262 Å². The summed E-state index contributed by atoms with van der Waals surface area (Å²) in [6, 6.07) is 26.8. The largest absolute Gasteiger partial charge is 0.336 e. The van der Waals surface area contributed by atoms with Crippen LogP contribution in [-0.2, 0) is 69.9 Å². The van der Waals surface area contributed by atoms with E-state index in [0.29, 0.717) is 5.78 Å². The summed E-state index contributed by atoms with van der Waals surface area (Å²) in [7, 11) is 5.92. The molecule has 0 unspecified atom stereocenters. The van der Waals surface area contributed by atoms with Crippen molar-refractivity contribution in [2.45, 2.75) is 326 Å². The minimum absolute atomic E-state index is 0.0434. The zero-order valence-electron chi connectivity index (χ0n) is 88.7. The first kappa shape index (κ1) is 106. The van der Waals surface area contributed by atoms with Crippen LogP contribution in [0.2, 0.25) is 0 Å². The maximum absolute atomic E-state index is 4.70. The summed E-state index contributed by atoms with van der Waals surface area (Å²) < 4.78 is 18.1. The maximum atomic E-state index is 4.70. The van der Waals surface area contributed by atoms with Crippen molar-refractivity contribution in [2.24, 2.45) is 21.1 Å². The fraction of sp³-hybridized carbons (Fsp3) is 0.481. The van der Waals surface area contributed by atoms with Gasteiger partial charge in [-0.2, -0.15) is 20.3 Å². The predicted molar refractivity (Wildman–Crippen MR) is 551 cm³/mol. The highest BCUT2D eigenvalue weighted by Gasteiger charge is 2.29. The first-order valence-corrected chi connectivity index (χ1v) is 46.6. The van der Waals surface area contributed by atoms with Crippen LogP contribution in [0, 0.1) is 62.3 Å². The summed E-state index contributed by atoms with van der Waals surface area (Å²) in [4.78, 5) is 57.3. The molecule has 0 atom stereocenters. The van der Waals surface area contributed by atoms with Crippen LogP contribution in [0.1, 0.15) is 317 Å². The molecule has 18 aromatic rings. The van der Waals surface area contributed by atoms with E-state index in [4.69, 9.17) is 4.98 Å². The van der Waals surface area contributed by atoms with Gasteiger partial charge in [-0.05, 0) is 173 Å². The number of aryl methyl sites for hydroxylation is 12. The molecule has 712 valence electrons. The van der Waals surface area contributed by atoms with E-state index in [0.717, 1.165) is 102 Å². The Morgan fingerprint density at radius 3 is 1.47 bits per heavy atom. The molecule has 0 saturated carbocycles. The number of aromatic nitrogens is 25. The molecule has 18 heterocycles. The van der Waals surface area contributed by atoms with Crippen molar-refractivity contribution in [2.75, 3.05) is 0 Å². The van der Waals surface area contributed by atoms with Gasteiger partial charge in [0.1, 0.15) is 34.8 Å². The molecule has 18 aromatic heterocycles. The van der Waals surface area contributed by atoms with Gasteiger partial charge in [0.15, 0.2) is 22.6 Å². The minimum Gasteiger partial charge on any atom is -0.336 e. The summed E-state index contributed by atoms with van der Waals surface area (Å²) in [6.45, 7) is 85.8. The molecule has 0 aliphatic carbocycles. The maximum Gasteiger partial charge on any atom is 0.252 e. The van der Waals surface area contributed by atoms with Gasteiger partial charge in [-0.25, -0.2) is 68.8 Å². The molecular formula is C108H155N25. The molecular weight excluding hydrogens is 1650 g/mol. The average Bonchev–Trinajstić information content (AvgIpc) is 1.60. The lowest BCUT2D eigenvalue weighted by Gasteiger charge is -2.20. The zero-order chi connectivity index (χ0) is 99.7. The SMILES string of the molecule is CC.CC.Cc1cc(C(C)(C)C)n2ncnc2n1.Cc1cnc2c(C(C)(C)C)nc(C)n2c1.Cc1nc(C(C)(C)C)c2ccccn12.Cc1nc2c(C)ccc(C)n2c1C(C)(C)C.Cc1nc2cccnn2c1C(C)(C)C.Cc1nc2ncccn2c1C(C)(C)C.Cn1ccc2c(C(C)(C)C)ccnc21.Cn1cnc2c(C(C)(C)C)ccnc21.Cn1ncc2c(C(C)(C)C)ccnc21. The first-order valence-electron chi connectivity index (χ1n) is 46.6. The summed E-state index contributed by atoms with van der Waals surface area (Å²) in [5, 5.41) is 15.1. The Labute approximate surface area is 791 Å². The molecule has 0 N–H and O–H groups in total. The van der Waals surface area contributed by atoms with Crippen LogP contribution in [0.3, 0.4) is 0 Å². The number of fused-ring (bicyclic) bond motifs is 9. The molecule has 0 spiro atoms. The summed E-state index contributed by atoms with van der Waals surface area (Å²) >= 11 is 0. The second-order valence-corrected chi connectivity index (χ2v) is 43.1. The van der Waals surface area contributed by atoms with Crippen LogP contribution in [0.15, 0.2) is 160 Å². The van der Waals surface area contributed by atoms with E-state index in [9.17, 15) is 0 Å². The summed E-state index contributed by atoms with van der Waals surface area (Å²) in [5.74, 6) is 3.53. The van der Waals surface area contributed by atoms with Gasteiger partial charge < -0.3 is 17.9 Å². The Kier molecular flexibility index (Phi) is 33.4. The Hall–Kier alpha value is -12.3. The second-order valence-electron chi connectivity index (χ2n) is 43.1. The normalized spacial score (nSPS) is 12.0. The minimum atomic E-state index is 0.0434. The van der Waals surface area contributed by atoms with Crippen molar-refractivity contribution < 1.29 is 0 Å². The van der Waals surface area contributed by atoms with Crippen LogP contribution in [0.25, 0.3) is 67.2 Å². The Balaban J connectivity index is 0.000000183. The predicted octanol–water partition coefficient (Wildman–Crippen LogP) is 25.0. The second kappa shape index (κ2) is 41.9. The number of hydrogen-bond donors (Lipinski definition) is 0. The molecule has 0 aliphatic heterocycles. The van der Waals surface area contributed by atoms with Gasteiger partial charge in [-0.15, -0.1) is 0 Å². The lowest BCUT2D eigenvalue weighted by atomic mass is 9.86. The van der Waals surface area contributed by atoms with E-state index >= 15 is 0 Å². The third-order valence-corrected chi connectivity index (χ3v) is 22.1. The van der Waals surface area contributed by atoms with E-state index in [-0.39, 0.29) is 48.7 Å². The highest BCUT2D eigenvalue weighted by atomic mass is 15.3. The quantitative estimate of drug-likeness (QED) is 0.137. The summed E-state index contributed by atoms with van der Waals surface area (Å²) in [6.07, 6.45) is 24.5. The van der Waals surface area contributed by atoms with Crippen molar-refractivity contribution in [1.29, 1.82) is 0 Å². The molecule has 0 amide bonds. The number of hydrogen-bond acceptors (Lipinski definition) is 16. The van der Waals surface area contributed by atoms with Crippen LogP contribution in [-0.4, -0.2) is 121 Å². The molecule has 25 heteroatoms. The number of pyridine rings is 5. The average molecular weight is 1800 g/mol. The molecule has 0 radical (unpaired) electrons. The molecule has 0 fully saturated rings. The van der Waals surface area contributed by atoms with Crippen LogP contribution < -0.4 is 0 Å². The highest BCUT2D eigenvalue weighted by molar-refractivity contribution is 5.81. The lowest BCUT2D eigenvalue weighted by Crippen LogP contribution is -2.18. The van der Waals surface area contributed by atoms with E-state index in [1.165, 1.54) is 68.0 Å². The third kappa shape index (κ3) is 25.4. The van der Waals surface area contributed by atoms with Crippen LogP contribution in [0.5, 0.6) is 0 Å². The summed E-state index contributed by atoms with van der Waals surface area (Å²) in [5.41, 5.74) is 28.1. The smallest absolute Gasteiger partial charge is 0.252 e.